The van der Waals surface area contributed by atoms with E-state index in [0.717, 1.165) is 5.56 Å². The molecule has 1 fully saturated rings. The molecule has 0 atom stereocenters. The van der Waals surface area contributed by atoms with Gasteiger partial charge in [-0.25, -0.2) is 0 Å². The molecule has 2 rings (SSSR count). The lowest BCUT2D eigenvalue weighted by molar-refractivity contribution is -0.144. The topological polar surface area (TPSA) is 66.6 Å². The number of anilines is 1. The summed E-state index contributed by atoms with van der Waals surface area (Å²) >= 11 is 0. The highest BCUT2D eigenvalue weighted by Crippen LogP contribution is 2.26. The van der Waals surface area contributed by atoms with Crippen molar-refractivity contribution in [1.82, 2.24) is 9.80 Å². The molecule has 2 N–H and O–H groups in total. The second-order valence-corrected chi connectivity index (χ2v) is 5.78. The van der Waals surface area contributed by atoms with Crippen LogP contribution < -0.4 is 5.73 Å². The van der Waals surface area contributed by atoms with E-state index in [0.29, 0.717) is 24.3 Å². The number of carbonyl (C=O) groups is 2. The summed E-state index contributed by atoms with van der Waals surface area (Å²) < 4.78 is 0. The predicted molar refractivity (Wildman–Crippen MR) is 78.3 cm³/mol. The van der Waals surface area contributed by atoms with Crippen molar-refractivity contribution in [3.8, 4) is 0 Å². The van der Waals surface area contributed by atoms with Crippen LogP contribution in [0.5, 0.6) is 0 Å². The summed E-state index contributed by atoms with van der Waals surface area (Å²) in [6.07, 6.45) is 0. The number of nitrogen functional groups attached to an aromatic ring is 1. The van der Waals surface area contributed by atoms with E-state index in [9.17, 15) is 9.59 Å². The summed E-state index contributed by atoms with van der Waals surface area (Å²) in [5.74, 6) is -0.235. The number of hydrogen-bond acceptors (Lipinski definition) is 3. The van der Waals surface area contributed by atoms with Crippen LogP contribution in [0.15, 0.2) is 18.2 Å². The van der Waals surface area contributed by atoms with Gasteiger partial charge in [-0.05, 0) is 32.4 Å². The van der Waals surface area contributed by atoms with Gasteiger partial charge < -0.3 is 15.5 Å². The van der Waals surface area contributed by atoms with Crippen LogP contribution in [0, 0.1) is 6.92 Å². The number of rotatable bonds is 1. The van der Waals surface area contributed by atoms with Crippen LogP contribution >= 0.6 is 0 Å². The lowest BCUT2D eigenvalue weighted by atomic mass is 9.96. The average molecular weight is 275 g/mol. The minimum absolute atomic E-state index is 0.0525. The van der Waals surface area contributed by atoms with Crippen LogP contribution in [-0.2, 0) is 4.79 Å². The fraction of sp³-hybridized carbons (Fsp3) is 0.467. The van der Waals surface area contributed by atoms with Crippen molar-refractivity contribution in [2.75, 3.05) is 25.9 Å². The molecule has 0 bridgehead atoms. The minimum atomic E-state index is -0.847. The number of hydrogen-bond donors (Lipinski definition) is 1. The van der Waals surface area contributed by atoms with Gasteiger partial charge in [0, 0.05) is 25.8 Å². The lowest BCUT2D eigenvalue weighted by Gasteiger charge is -2.44. The van der Waals surface area contributed by atoms with Gasteiger partial charge in [-0.1, -0.05) is 12.1 Å². The molecule has 5 nitrogen and oxygen atoms in total. The maximum absolute atomic E-state index is 12.7. The number of benzene rings is 1. The van der Waals surface area contributed by atoms with E-state index in [1.807, 2.05) is 19.1 Å². The number of para-hydroxylation sites is 1. The fourth-order valence-electron chi connectivity index (χ4n) is 2.58. The number of likely N-dealkylation sites (N-methyl/N-ethyl adjacent to an activating group) is 1. The Morgan fingerprint density at radius 2 is 1.95 bits per heavy atom. The van der Waals surface area contributed by atoms with Crippen LogP contribution in [0.1, 0.15) is 29.8 Å². The van der Waals surface area contributed by atoms with Gasteiger partial charge in [0.05, 0.1) is 5.56 Å². The molecule has 1 heterocycles. The number of piperazine rings is 1. The second-order valence-electron chi connectivity index (χ2n) is 5.78. The summed E-state index contributed by atoms with van der Waals surface area (Å²) in [5.41, 5.74) is 6.97. The van der Waals surface area contributed by atoms with Crippen LogP contribution in [0.3, 0.4) is 0 Å². The molecule has 1 aromatic carbocycles. The molecular weight excluding hydrogens is 254 g/mol. The first kappa shape index (κ1) is 14.4. The van der Waals surface area contributed by atoms with E-state index < -0.39 is 5.54 Å². The SMILES string of the molecule is Cc1cccc(C(=O)N2CCN(C)C(=O)C2(C)C)c1N. The second kappa shape index (κ2) is 4.81. The summed E-state index contributed by atoms with van der Waals surface area (Å²) in [7, 11) is 1.76. The third kappa shape index (κ3) is 2.13. The molecule has 108 valence electrons. The van der Waals surface area contributed by atoms with Crippen molar-refractivity contribution in [1.29, 1.82) is 0 Å². The Bertz CT molecular complexity index is 566. The first-order valence-electron chi connectivity index (χ1n) is 6.69. The van der Waals surface area contributed by atoms with Crippen molar-refractivity contribution < 1.29 is 9.59 Å². The van der Waals surface area contributed by atoms with Crippen molar-refractivity contribution >= 4 is 17.5 Å². The third-order valence-corrected chi connectivity index (χ3v) is 4.00. The van der Waals surface area contributed by atoms with Gasteiger partial charge in [-0.2, -0.15) is 0 Å². The minimum Gasteiger partial charge on any atom is -0.398 e. The zero-order valence-corrected chi connectivity index (χ0v) is 12.4. The van der Waals surface area contributed by atoms with E-state index in [-0.39, 0.29) is 11.8 Å². The number of carbonyl (C=O) groups excluding carboxylic acids is 2. The van der Waals surface area contributed by atoms with Crippen LogP contribution in [0.2, 0.25) is 0 Å². The van der Waals surface area contributed by atoms with Crippen molar-refractivity contribution in [3.63, 3.8) is 0 Å². The normalized spacial score (nSPS) is 18.3. The number of amides is 2. The number of nitrogens with zero attached hydrogens (tertiary/aromatic N) is 2. The molecule has 1 saturated heterocycles. The van der Waals surface area contributed by atoms with Crippen molar-refractivity contribution in [2.24, 2.45) is 0 Å². The largest absolute Gasteiger partial charge is 0.398 e. The van der Waals surface area contributed by atoms with Crippen LogP contribution in [0.4, 0.5) is 5.69 Å². The monoisotopic (exact) mass is 275 g/mol. The van der Waals surface area contributed by atoms with Gasteiger partial charge in [-0.3, -0.25) is 9.59 Å². The van der Waals surface area contributed by atoms with E-state index >= 15 is 0 Å². The fourth-order valence-corrected chi connectivity index (χ4v) is 2.58. The Kier molecular flexibility index (Phi) is 3.46. The zero-order chi connectivity index (χ0) is 15.1. The molecule has 0 saturated carbocycles. The standard InChI is InChI=1S/C15H21N3O2/c1-10-6-5-7-11(12(10)16)13(19)18-9-8-17(4)14(20)15(18,2)3/h5-7H,8-9,16H2,1-4H3. The van der Waals surface area contributed by atoms with Crippen molar-refractivity contribution in [3.05, 3.63) is 29.3 Å². The van der Waals surface area contributed by atoms with Crippen LogP contribution in [-0.4, -0.2) is 47.3 Å². The maximum atomic E-state index is 12.7. The molecule has 0 spiro atoms. The van der Waals surface area contributed by atoms with Gasteiger partial charge in [0.25, 0.3) is 5.91 Å². The smallest absolute Gasteiger partial charge is 0.256 e. The van der Waals surface area contributed by atoms with E-state index in [2.05, 4.69) is 0 Å². The Balaban J connectivity index is 2.38. The summed E-state index contributed by atoms with van der Waals surface area (Å²) in [6.45, 7) is 6.47. The van der Waals surface area contributed by atoms with E-state index in [4.69, 9.17) is 5.73 Å². The molecule has 0 aromatic heterocycles. The third-order valence-electron chi connectivity index (χ3n) is 4.00. The molecule has 1 aliphatic heterocycles. The van der Waals surface area contributed by atoms with E-state index in [1.165, 1.54) is 0 Å². The quantitative estimate of drug-likeness (QED) is 0.785. The molecule has 0 aliphatic carbocycles. The van der Waals surface area contributed by atoms with Gasteiger partial charge in [-0.15, -0.1) is 0 Å². The molecule has 1 aromatic rings. The molecular formula is C15H21N3O2. The summed E-state index contributed by atoms with van der Waals surface area (Å²) in [4.78, 5) is 28.2. The molecule has 1 aliphatic rings. The first-order valence-corrected chi connectivity index (χ1v) is 6.69. The van der Waals surface area contributed by atoms with Crippen LogP contribution in [0.25, 0.3) is 0 Å². The molecule has 5 heteroatoms. The number of nitrogens with two attached hydrogens (primary N) is 1. The summed E-state index contributed by atoms with van der Waals surface area (Å²) in [5, 5.41) is 0. The van der Waals surface area contributed by atoms with Crippen molar-refractivity contribution in [2.45, 2.75) is 26.3 Å². The summed E-state index contributed by atoms with van der Waals surface area (Å²) in [6, 6.07) is 5.39. The molecule has 0 radical (unpaired) electrons. The Hall–Kier alpha value is -2.04. The zero-order valence-electron chi connectivity index (χ0n) is 12.4. The maximum Gasteiger partial charge on any atom is 0.256 e. The Labute approximate surface area is 119 Å². The van der Waals surface area contributed by atoms with Gasteiger partial charge >= 0.3 is 0 Å². The highest BCUT2D eigenvalue weighted by atomic mass is 16.2. The molecule has 0 unspecified atom stereocenters. The first-order chi connectivity index (χ1) is 9.26. The van der Waals surface area contributed by atoms with Gasteiger partial charge in [0.1, 0.15) is 5.54 Å². The highest BCUT2D eigenvalue weighted by Gasteiger charge is 2.43. The predicted octanol–water partition coefficient (Wildman–Crippen LogP) is 1.27. The number of aryl methyl sites for hydroxylation is 1. The molecule has 20 heavy (non-hydrogen) atoms. The molecule has 2 amide bonds. The van der Waals surface area contributed by atoms with Gasteiger partial charge in [0.2, 0.25) is 5.91 Å². The van der Waals surface area contributed by atoms with Gasteiger partial charge in [0.15, 0.2) is 0 Å². The highest BCUT2D eigenvalue weighted by molar-refractivity contribution is 6.03. The van der Waals surface area contributed by atoms with E-state index in [1.54, 1.807) is 36.8 Å². The lowest BCUT2D eigenvalue weighted by Crippen LogP contribution is -2.63. The Morgan fingerprint density at radius 3 is 2.60 bits per heavy atom. The Morgan fingerprint density at radius 1 is 1.30 bits per heavy atom. The average Bonchev–Trinajstić information content (AvgIpc) is 2.39.